The predicted molar refractivity (Wildman–Crippen MR) is 96.6 cm³/mol. The quantitative estimate of drug-likeness (QED) is 0.726. The zero-order valence-electron chi connectivity index (χ0n) is 15.1. The smallest absolute Gasteiger partial charge is 0.254 e. The average molecular weight is 350 g/mol. The van der Waals surface area contributed by atoms with Gasteiger partial charge in [-0.05, 0) is 38.5 Å². The maximum atomic E-state index is 13.1. The average Bonchev–Trinajstić information content (AvgIpc) is 3.19. The lowest BCUT2D eigenvalue weighted by Gasteiger charge is -2.21. The number of rotatable bonds is 3. The molecule has 1 aliphatic rings. The Morgan fingerprint density at radius 3 is 2.69 bits per heavy atom. The molecule has 0 fully saturated rings. The van der Waals surface area contributed by atoms with E-state index in [9.17, 15) is 4.79 Å². The Hall–Kier alpha value is -2.96. The third kappa shape index (κ3) is 3.24. The van der Waals surface area contributed by atoms with Gasteiger partial charge in [0.25, 0.3) is 5.91 Å². The molecule has 0 aliphatic carbocycles. The van der Waals surface area contributed by atoms with Crippen LogP contribution < -0.4 is 0 Å². The van der Waals surface area contributed by atoms with E-state index in [-0.39, 0.29) is 5.91 Å². The Balaban J connectivity index is 1.61. The highest BCUT2D eigenvalue weighted by Crippen LogP contribution is 2.19. The van der Waals surface area contributed by atoms with Gasteiger partial charge in [-0.15, -0.1) is 5.10 Å². The van der Waals surface area contributed by atoms with Crippen molar-refractivity contribution in [3.63, 3.8) is 0 Å². The second-order valence-electron chi connectivity index (χ2n) is 6.87. The summed E-state index contributed by atoms with van der Waals surface area (Å²) in [5.41, 5.74) is 4.82. The standard InChI is InChI=1S/C19H22N6O/c1-14-9-15(2)11-16(10-14)19(26)23-6-4-8-25-18(13-23)17(21-22-25)12-24-7-3-5-20-24/h3,5,7,9-11H,4,6,8,12-13H2,1-2H3. The number of benzene rings is 1. The molecular formula is C19H22N6O. The molecule has 7 heteroatoms. The Bertz CT molecular complexity index is 907. The van der Waals surface area contributed by atoms with E-state index in [1.54, 1.807) is 6.20 Å². The molecule has 1 amide bonds. The molecule has 3 aromatic rings. The van der Waals surface area contributed by atoms with Gasteiger partial charge in [-0.1, -0.05) is 22.4 Å². The fourth-order valence-corrected chi connectivity index (χ4v) is 3.52. The van der Waals surface area contributed by atoms with Gasteiger partial charge in [0.05, 0.1) is 18.8 Å². The van der Waals surface area contributed by atoms with Crippen LogP contribution >= 0.6 is 0 Å². The lowest BCUT2D eigenvalue weighted by atomic mass is 10.1. The van der Waals surface area contributed by atoms with Crippen molar-refractivity contribution >= 4 is 5.91 Å². The number of nitrogens with zero attached hydrogens (tertiary/aromatic N) is 6. The lowest BCUT2D eigenvalue weighted by molar-refractivity contribution is 0.0745. The first-order valence-corrected chi connectivity index (χ1v) is 8.86. The number of fused-ring (bicyclic) bond motifs is 1. The van der Waals surface area contributed by atoms with Crippen LogP contribution in [0.25, 0.3) is 0 Å². The summed E-state index contributed by atoms with van der Waals surface area (Å²) in [6, 6.07) is 7.89. The van der Waals surface area contributed by atoms with Crippen LogP contribution in [0.4, 0.5) is 0 Å². The summed E-state index contributed by atoms with van der Waals surface area (Å²) in [7, 11) is 0. The normalized spacial score (nSPS) is 14.2. The molecule has 0 N–H and O–H groups in total. The topological polar surface area (TPSA) is 68.8 Å². The third-order valence-electron chi connectivity index (χ3n) is 4.68. The minimum Gasteiger partial charge on any atom is -0.333 e. The van der Waals surface area contributed by atoms with Crippen LogP contribution in [-0.2, 0) is 19.6 Å². The first kappa shape index (κ1) is 16.5. The van der Waals surface area contributed by atoms with Crippen LogP contribution in [0.15, 0.2) is 36.7 Å². The van der Waals surface area contributed by atoms with Crippen molar-refractivity contribution in [3.8, 4) is 0 Å². The van der Waals surface area contributed by atoms with Crippen LogP contribution in [0.2, 0.25) is 0 Å². The highest BCUT2D eigenvalue weighted by molar-refractivity contribution is 5.94. The number of aromatic nitrogens is 5. The summed E-state index contributed by atoms with van der Waals surface area (Å²) < 4.78 is 3.75. The molecule has 1 aromatic carbocycles. The molecule has 1 aliphatic heterocycles. The molecular weight excluding hydrogens is 328 g/mol. The molecule has 0 saturated heterocycles. The Kier molecular flexibility index (Phi) is 4.28. The third-order valence-corrected chi connectivity index (χ3v) is 4.68. The van der Waals surface area contributed by atoms with Gasteiger partial charge in [0.1, 0.15) is 5.69 Å². The van der Waals surface area contributed by atoms with E-state index in [4.69, 9.17) is 0 Å². The molecule has 7 nitrogen and oxygen atoms in total. The summed E-state index contributed by atoms with van der Waals surface area (Å²) in [6.07, 6.45) is 4.52. The van der Waals surface area contributed by atoms with Crippen molar-refractivity contribution in [3.05, 3.63) is 64.7 Å². The van der Waals surface area contributed by atoms with Crippen LogP contribution in [0, 0.1) is 13.8 Å². The summed E-state index contributed by atoms with van der Waals surface area (Å²) in [5, 5.41) is 12.8. The number of hydrogen-bond acceptors (Lipinski definition) is 4. The molecule has 0 bridgehead atoms. The second-order valence-corrected chi connectivity index (χ2v) is 6.87. The molecule has 0 atom stereocenters. The number of amides is 1. The van der Waals surface area contributed by atoms with Crippen LogP contribution in [0.1, 0.15) is 39.3 Å². The number of carbonyl (C=O) groups excluding carboxylic acids is 1. The van der Waals surface area contributed by atoms with Gasteiger partial charge >= 0.3 is 0 Å². The zero-order chi connectivity index (χ0) is 18.1. The van der Waals surface area contributed by atoms with Crippen LogP contribution in [0.5, 0.6) is 0 Å². The van der Waals surface area contributed by atoms with Gasteiger partial charge in [0, 0.05) is 31.0 Å². The Labute approximate surface area is 152 Å². The Morgan fingerprint density at radius 2 is 1.96 bits per heavy atom. The molecule has 26 heavy (non-hydrogen) atoms. The van der Waals surface area contributed by atoms with E-state index in [0.29, 0.717) is 13.1 Å². The van der Waals surface area contributed by atoms with Gasteiger partial charge in [-0.3, -0.25) is 9.48 Å². The molecule has 134 valence electrons. The van der Waals surface area contributed by atoms with E-state index in [1.165, 1.54) is 0 Å². The second kappa shape index (κ2) is 6.74. The van der Waals surface area contributed by atoms with Gasteiger partial charge in [0.2, 0.25) is 0 Å². The predicted octanol–water partition coefficient (Wildman–Crippen LogP) is 2.19. The molecule has 0 spiro atoms. The molecule has 4 rings (SSSR count). The van der Waals surface area contributed by atoms with Gasteiger partial charge in [-0.25, -0.2) is 4.68 Å². The number of hydrogen-bond donors (Lipinski definition) is 0. The van der Waals surface area contributed by atoms with Gasteiger partial charge in [0.15, 0.2) is 0 Å². The van der Waals surface area contributed by atoms with E-state index in [2.05, 4.69) is 21.5 Å². The summed E-state index contributed by atoms with van der Waals surface area (Å²) in [6.45, 7) is 6.62. The summed E-state index contributed by atoms with van der Waals surface area (Å²) in [4.78, 5) is 15.0. The van der Waals surface area contributed by atoms with E-state index >= 15 is 0 Å². The van der Waals surface area contributed by atoms with Crippen molar-refractivity contribution in [1.29, 1.82) is 0 Å². The highest BCUT2D eigenvalue weighted by Gasteiger charge is 2.24. The van der Waals surface area contributed by atoms with Crippen molar-refractivity contribution in [2.75, 3.05) is 6.54 Å². The summed E-state index contributed by atoms with van der Waals surface area (Å²) >= 11 is 0. The van der Waals surface area contributed by atoms with E-state index in [0.717, 1.165) is 47.6 Å². The SMILES string of the molecule is Cc1cc(C)cc(C(=O)N2CCCn3nnc(Cn4cccn4)c3C2)c1. The molecule has 0 saturated carbocycles. The van der Waals surface area contributed by atoms with Crippen LogP contribution in [0.3, 0.4) is 0 Å². The fourth-order valence-electron chi connectivity index (χ4n) is 3.52. The maximum absolute atomic E-state index is 13.1. The molecule has 0 radical (unpaired) electrons. The van der Waals surface area contributed by atoms with Crippen LogP contribution in [-0.4, -0.2) is 42.1 Å². The highest BCUT2D eigenvalue weighted by atomic mass is 16.2. The first-order chi connectivity index (χ1) is 12.6. The van der Waals surface area contributed by atoms with Crippen molar-refractivity contribution in [2.45, 2.75) is 39.9 Å². The van der Waals surface area contributed by atoms with Crippen molar-refractivity contribution in [2.24, 2.45) is 0 Å². The summed E-state index contributed by atoms with van der Waals surface area (Å²) in [5.74, 6) is 0.0662. The van der Waals surface area contributed by atoms with E-state index in [1.807, 2.05) is 52.5 Å². The number of carbonyl (C=O) groups is 1. The first-order valence-electron chi connectivity index (χ1n) is 8.86. The fraction of sp³-hybridized carbons (Fsp3) is 0.368. The minimum absolute atomic E-state index is 0.0662. The zero-order valence-corrected chi connectivity index (χ0v) is 15.1. The van der Waals surface area contributed by atoms with Crippen molar-refractivity contribution < 1.29 is 4.79 Å². The minimum atomic E-state index is 0.0662. The van der Waals surface area contributed by atoms with Gasteiger partial charge in [-0.2, -0.15) is 5.10 Å². The molecule has 3 heterocycles. The maximum Gasteiger partial charge on any atom is 0.254 e. The number of aryl methyl sites for hydroxylation is 3. The lowest BCUT2D eigenvalue weighted by Crippen LogP contribution is -2.31. The monoisotopic (exact) mass is 350 g/mol. The van der Waals surface area contributed by atoms with Gasteiger partial charge < -0.3 is 4.90 Å². The molecule has 2 aromatic heterocycles. The largest absolute Gasteiger partial charge is 0.333 e. The Morgan fingerprint density at radius 1 is 1.15 bits per heavy atom. The molecule has 0 unspecified atom stereocenters. The van der Waals surface area contributed by atoms with Crippen molar-refractivity contribution in [1.82, 2.24) is 29.7 Å². The van der Waals surface area contributed by atoms with E-state index < -0.39 is 0 Å².